The van der Waals surface area contributed by atoms with Gasteiger partial charge in [0.1, 0.15) is 5.75 Å². The lowest BCUT2D eigenvalue weighted by molar-refractivity contribution is -0.123. The van der Waals surface area contributed by atoms with E-state index in [0.717, 1.165) is 23.3 Å². The van der Waals surface area contributed by atoms with Gasteiger partial charge in [0.2, 0.25) is 0 Å². The van der Waals surface area contributed by atoms with E-state index in [-0.39, 0.29) is 18.4 Å². The lowest BCUT2D eigenvalue weighted by Gasteiger charge is -2.33. The molecule has 0 saturated carbocycles. The average Bonchev–Trinajstić information content (AvgIpc) is 3.38. The van der Waals surface area contributed by atoms with Gasteiger partial charge in [-0.3, -0.25) is 9.59 Å². The number of halogens is 2. The van der Waals surface area contributed by atoms with Crippen LogP contribution < -0.4 is 9.64 Å². The highest BCUT2D eigenvalue weighted by atomic mass is 32.2. The molecule has 0 N–H and O–H groups in total. The highest BCUT2D eigenvalue weighted by molar-refractivity contribution is 8.01. The molecule has 2 aliphatic rings. The van der Waals surface area contributed by atoms with Crippen molar-refractivity contribution in [3.8, 4) is 5.75 Å². The van der Waals surface area contributed by atoms with Crippen LogP contribution in [0.5, 0.6) is 5.75 Å². The van der Waals surface area contributed by atoms with Crippen LogP contribution in [0.1, 0.15) is 27.0 Å². The van der Waals surface area contributed by atoms with Gasteiger partial charge in [0.25, 0.3) is 11.8 Å². The number of aryl methyl sites for hydroxylation is 1. The highest BCUT2D eigenvalue weighted by Crippen LogP contribution is 2.55. The molecule has 0 aliphatic carbocycles. The summed E-state index contributed by atoms with van der Waals surface area (Å²) in [5, 5.41) is 0. The largest absolute Gasteiger partial charge is 0.497 e. The molecule has 2 heterocycles. The molecular weight excluding hydrogens is 458 g/mol. The second-order valence-corrected chi connectivity index (χ2v) is 9.63. The van der Waals surface area contributed by atoms with Gasteiger partial charge < -0.3 is 14.5 Å². The van der Waals surface area contributed by atoms with E-state index in [4.69, 9.17) is 4.74 Å². The first-order valence-electron chi connectivity index (χ1n) is 10.8. The SMILES string of the molecule is COc1ccc(C(=O)N2CCSC23C(=O)N(Cc2ccc(F)c(F)c2)c2ccc(C)cc23)cc1. The van der Waals surface area contributed by atoms with Crippen LogP contribution in [-0.2, 0) is 16.2 Å². The van der Waals surface area contributed by atoms with Crippen molar-refractivity contribution in [2.24, 2.45) is 0 Å². The summed E-state index contributed by atoms with van der Waals surface area (Å²) in [4.78, 5) is 29.6. The fourth-order valence-electron chi connectivity index (χ4n) is 4.60. The zero-order valence-electron chi connectivity index (χ0n) is 18.7. The van der Waals surface area contributed by atoms with Crippen LogP contribution in [0.3, 0.4) is 0 Å². The summed E-state index contributed by atoms with van der Waals surface area (Å²) in [6.07, 6.45) is 0. The molecule has 5 nitrogen and oxygen atoms in total. The number of amides is 2. The standard InChI is InChI=1S/C26H22F2N2O3S/c1-16-3-10-23-20(13-16)26(25(32)29(23)15-17-4-9-21(27)22(28)14-17)30(11-12-34-26)24(31)18-5-7-19(33-2)8-6-18/h3-10,13-14H,11-12,15H2,1-2H3. The fourth-order valence-corrected chi connectivity index (χ4v) is 6.05. The number of methoxy groups -OCH3 is 1. The van der Waals surface area contributed by atoms with Gasteiger partial charge in [-0.15, -0.1) is 11.8 Å². The predicted molar refractivity (Wildman–Crippen MR) is 127 cm³/mol. The van der Waals surface area contributed by atoms with E-state index in [2.05, 4.69) is 0 Å². The van der Waals surface area contributed by atoms with E-state index in [0.29, 0.717) is 34.9 Å². The van der Waals surface area contributed by atoms with Crippen molar-refractivity contribution < 1.29 is 23.1 Å². The zero-order chi connectivity index (χ0) is 24.0. The van der Waals surface area contributed by atoms with Gasteiger partial charge >= 0.3 is 0 Å². The third-order valence-electron chi connectivity index (χ3n) is 6.26. The summed E-state index contributed by atoms with van der Waals surface area (Å²) in [6, 6.07) is 16.1. The van der Waals surface area contributed by atoms with E-state index in [1.165, 1.54) is 17.8 Å². The maximum Gasteiger partial charge on any atom is 0.268 e. The van der Waals surface area contributed by atoms with Crippen LogP contribution in [0, 0.1) is 18.6 Å². The van der Waals surface area contributed by atoms with E-state index < -0.39 is 16.5 Å². The van der Waals surface area contributed by atoms with E-state index in [1.807, 2.05) is 25.1 Å². The molecule has 3 aromatic carbocycles. The number of fused-ring (bicyclic) bond motifs is 2. The number of carbonyl (C=O) groups is 2. The maximum absolute atomic E-state index is 14.0. The fraction of sp³-hybridized carbons (Fsp3) is 0.231. The minimum atomic E-state index is -1.21. The van der Waals surface area contributed by atoms with Crippen LogP contribution in [0.25, 0.3) is 0 Å². The Morgan fingerprint density at radius 2 is 1.82 bits per heavy atom. The molecule has 1 fully saturated rings. The number of rotatable bonds is 4. The van der Waals surface area contributed by atoms with Gasteiger partial charge in [0.15, 0.2) is 16.5 Å². The van der Waals surface area contributed by atoms with E-state index >= 15 is 0 Å². The molecule has 1 saturated heterocycles. The molecule has 0 bridgehead atoms. The molecule has 3 aromatic rings. The second-order valence-electron chi connectivity index (χ2n) is 8.34. The Morgan fingerprint density at radius 3 is 2.53 bits per heavy atom. The minimum Gasteiger partial charge on any atom is -0.497 e. The first-order chi connectivity index (χ1) is 16.3. The number of hydrogen-bond acceptors (Lipinski definition) is 4. The number of benzene rings is 3. The Hall–Kier alpha value is -3.39. The molecule has 8 heteroatoms. The monoisotopic (exact) mass is 480 g/mol. The third kappa shape index (κ3) is 3.44. The molecule has 0 radical (unpaired) electrons. The molecule has 0 aromatic heterocycles. The third-order valence-corrected chi connectivity index (χ3v) is 7.68. The normalized spacial score (nSPS) is 19.1. The van der Waals surface area contributed by atoms with Crippen molar-refractivity contribution in [1.29, 1.82) is 0 Å². The second kappa shape index (κ2) is 8.43. The average molecular weight is 481 g/mol. The molecule has 34 heavy (non-hydrogen) atoms. The molecule has 174 valence electrons. The van der Waals surface area contributed by atoms with Gasteiger partial charge in [0, 0.05) is 23.4 Å². The summed E-state index contributed by atoms with van der Waals surface area (Å²) in [5.41, 5.74) is 3.30. The van der Waals surface area contributed by atoms with Crippen molar-refractivity contribution in [3.63, 3.8) is 0 Å². The number of ether oxygens (including phenoxy) is 1. The van der Waals surface area contributed by atoms with Gasteiger partial charge in [-0.25, -0.2) is 8.78 Å². The minimum absolute atomic E-state index is 0.0684. The molecule has 1 spiro atoms. The Kier molecular flexibility index (Phi) is 5.56. The van der Waals surface area contributed by atoms with Crippen LogP contribution in [-0.4, -0.2) is 36.1 Å². The maximum atomic E-state index is 14.0. The lowest BCUT2D eigenvalue weighted by Crippen LogP contribution is -2.50. The highest BCUT2D eigenvalue weighted by Gasteiger charge is 2.59. The van der Waals surface area contributed by atoms with Crippen LogP contribution >= 0.6 is 11.8 Å². The first-order valence-corrected chi connectivity index (χ1v) is 11.8. The van der Waals surface area contributed by atoms with E-state index in [9.17, 15) is 18.4 Å². The Labute approximate surface area is 200 Å². The number of anilines is 1. The van der Waals surface area contributed by atoms with Crippen molar-refractivity contribution in [1.82, 2.24) is 4.90 Å². The van der Waals surface area contributed by atoms with Crippen molar-refractivity contribution in [3.05, 3.63) is 94.6 Å². The topological polar surface area (TPSA) is 49.9 Å². The number of thioether (sulfide) groups is 1. The lowest BCUT2D eigenvalue weighted by atomic mass is 10.0. The molecule has 1 atom stereocenters. The Bertz CT molecular complexity index is 1300. The van der Waals surface area contributed by atoms with Crippen molar-refractivity contribution in [2.45, 2.75) is 18.3 Å². The quantitative estimate of drug-likeness (QED) is 0.535. The smallest absolute Gasteiger partial charge is 0.268 e. The van der Waals surface area contributed by atoms with Crippen molar-refractivity contribution in [2.75, 3.05) is 24.3 Å². The van der Waals surface area contributed by atoms with Gasteiger partial charge in [-0.2, -0.15) is 0 Å². The van der Waals surface area contributed by atoms with Gasteiger partial charge in [-0.05, 0) is 55.0 Å². The van der Waals surface area contributed by atoms with Crippen LogP contribution in [0.15, 0.2) is 60.7 Å². The Morgan fingerprint density at radius 1 is 1.06 bits per heavy atom. The predicted octanol–water partition coefficient (Wildman–Crippen LogP) is 4.87. The van der Waals surface area contributed by atoms with Gasteiger partial charge in [0.05, 0.1) is 19.3 Å². The summed E-state index contributed by atoms with van der Waals surface area (Å²) in [7, 11) is 1.56. The van der Waals surface area contributed by atoms with Crippen LogP contribution in [0.4, 0.5) is 14.5 Å². The summed E-state index contributed by atoms with van der Waals surface area (Å²) < 4.78 is 32.5. The number of nitrogens with zero attached hydrogens (tertiary/aromatic N) is 2. The van der Waals surface area contributed by atoms with Crippen LogP contribution in [0.2, 0.25) is 0 Å². The molecule has 5 rings (SSSR count). The molecule has 1 unspecified atom stereocenters. The summed E-state index contributed by atoms with van der Waals surface area (Å²) >= 11 is 1.43. The number of carbonyl (C=O) groups excluding carboxylic acids is 2. The Balaban J connectivity index is 1.57. The van der Waals surface area contributed by atoms with Crippen molar-refractivity contribution >= 4 is 29.3 Å². The van der Waals surface area contributed by atoms with Gasteiger partial charge in [-0.1, -0.05) is 23.8 Å². The molecule has 2 amide bonds. The first kappa shape index (κ1) is 22.4. The summed E-state index contributed by atoms with van der Waals surface area (Å²) in [6.45, 7) is 2.42. The molecule has 2 aliphatic heterocycles. The zero-order valence-corrected chi connectivity index (χ0v) is 19.5. The summed E-state index contributed by atoms with van der Waals surface area (Å²) in [5.74, 6) is -1.18. The molecular formula is C26H22F2N2O3S. The van der Waals surface area contributed by atoms with E-state index in [1.54, 1.807) is 41.2 Å². The number of hydrogen-bond donors (Lipinski definition) is 0.